The van der Waals surface area contributed by atoms with E-state index in [1.54, 1.807) is 30.6 Å². The van der Waals surface area contributed by atoms with E-state index >= 15 is 0 Å². The van der Waals surface area contributed by atoms with Crippen LogP contribution in [0.15, 0.2) is 54.9 Å². The molecule has 1 N–H and O–H groups in total. The molecular weight excluding hydrogens is 503 g/mol. The van der Waals surface area contributed by atoms with Gasteiger partial charge in [0.1, 0.15) is 11.4 Å². The number of rotatable bonds is 6. The predicted molar refractivity (Wildman–Crippen MR) is 145 cm³/mol. The molecule has 0 saturated heterocycles. The lowest BCUT2D eigenvalue weighted by molar-refractivity contribution is 0.0601. The Labute approximate surface area is 219 Å². The van der Waals surface area contributed by atoms with Crippen molar-refractivity contribution in [3.8, 4) is 22.5 Å². The molecule has 4 aromatic rings. The first-order valence-corrected chi connectivity index (χ1v) is 12.7. The Bertz CT molecular complexity index is 1310. The Morgan fingerprint density at radius 2 is 1.80 bits per heavy atom. The smallest absolute Gasteiger partial charge is 0.341 e. The number of carbonyl (C=O) groups is 1. The molecule has 0 amide bonds. The second kappa shape index (κ2) is 12.1. The number of halogens is 2. The lowest BCUT2D eigenvalue weighted by Crippen LogP contribution is -2.08. The van der Waals surface area contributed by atoms with Gasteiger partial charge in [-0.3, -0.25) is 4.98 Å². The van der Waals surface area contributed by atoms with Crippen LogP contribution in [0.3, 0.4) is 0 Å². The largest absolute Gasteiger partial charge is 0.465 e. The number of thiazole rings is 1. The summed E-state index contributed by atoms with van der Waals surface area (Å²) in [7, 11) is 1.34. The number of carbonyl (C=O) groups excluding carboxylic acids is 1. The van der Waals surface area contributed by atoms with E-state index in [1.807, 2.05) is 38.1 Å². The molecule has 0 unspecified atom stereocenters. The van der Waals surface area contributed by atoms with Gasteiger partial charge in [-0.05, 0) is 36.2 Å². The highest BCUT2D eigenvalue weighted by atomic mass is 35.5. The van der Waals surface area contributed by atoms with E-state index in [0.29, 0.717) is 32.3 Å². The molecule has 0 aliphatic rings. The third-order valence-electron chi connectivity index (χ3n) is 4.85. The van der Waals surface area contributed by atoms with Crippen LogP contribution in [0.25, 0.3) is 22.5 Å². The van der Waals surface area contributed by atoms with Gasteiger partial charge in [-0.1, -0.05) is 63.0 Å². The summed E-state index contributed by atoms with van der Waals surface area (Å²) in [6.45, 7) is 8.19. The monoisotopic (exact) mass is 528 g/mol. The number of hydrogen-bond acceptors (Lipinski definition) is 7. The van der Waals surface area contributed by atoms with E-state index in [2.05, 4.69) is 29.1 Å². The van der Waals surface area contributed by atoms with Crippen LogP contribution < -0.4 is 5.32 Å². The van der Waals surface area contributed by atoms with Crippen LogP contribution in [0.5, 0.6) is 0 Å². The summed E-state index contributed by atoms with van der Waals surface area (Å²) in [5.74, 6) is 0.0708. The molecule has 182 valence electrons. The van der Waals surface area contributed by atoms with Crippen LogP contribution in [-0.4, -0.2) is 28.0 Å². The van der Waals surface area contributed by atoms with Gasteiger partial charge in [0.05, 0.1) is 28.5 Å². The third kappa shape index (κ3) is 6.17. The van der Waals surface area contributed by atoms with Gasteiger partial charge in [-0.25, -0.2) is 14.8 Å². The number of anilines is 2. The van der Waals surface area contributed by atoms with Crippen molar-refractivity contribution in [2.45, 2.75) is 33.6 Å². The lowest BCUT2D eigenvalue weighted by Gasteiger charge is -2.10. The Kier molecular flexibility index (Phi) is 9.20. The van der Waals surface area contributed by atoms with Crippen LogP contribution >= 0.6 is 34.5 Å². The third-order valence-corrected chi connectivity index (χ3v) is 6.86. The van der Waals surface area contributed by atoms with Gasteiger partial charge in [0, 0.05) is 28.4 Å². The zero-order valence-electron chi connectivity index (χ0n) is 20.1. The fraction of sp³-hybridized carbons (Fsp3) is 0.231. The second-order valence-corrected chi connectivity index (χ2v) is 9.31. The molecule has 0 spiro atoms. The first-order valence-electron chi connectivity index (χ1n) is 11.1. The lowest BCUT2D eigenvalue weighted by atomic mass is 10.1. The molecule has 4 rings (SSSR count). The van der Waals surface area contributed by atoms with Gasteiger partial charge >= 0.3 is 5.97 Å². The number of benzene rings is 1. The zero-order valence-corrected chi connectivity index (χ0v) is 22.4. The van der Waals surface area contributed by atoms with Crippen molar-refractivity contribution in [1.29, 1.82) is 0 Å². The van der Waals surface area contributed by atoms with Crippen molar-refractivity contribution in [3.63, 3.8) is 0 Å². The number of nitrogens with one attached hydrogen (secondary N) is 1. The summed E-state index contributed by atoms with van der Waals surface area (Å²) in [4.78, 5) is 27.2. The molecule has 0 fully saturated rings. The molecule has 35 heavy (non-hydrogen) atoms. The molecule has 0 saturated carbocycles. The number of pyridine rings is 2. The summed E-state index contributed by atoms with van der Waals surface area (Å²) in [5.41, 5.74) is 3.38. The standard InChI is InChI=1S/C24H20Cl2N4O2S.C2H6/c1-13(2)21-20(14-7-8-17(25)18(26)11-14)29-24(33-21)30-22-16(23(31)32-3)10-15(12-28-22)19-6-4-5-9-27-19;1-2/h4-13H,1-3H3,(H,28,29,30);1-2H3. The van der Waals surface area contributed by atoms with Crippen molar-refractivity contribution in [2.24, 2.45) is 0 Å². The summed E-state index contributed by atoms with van der Waals surface area (Å²) in [5, 5.41) is 4.74. The maximum atomic E-state index is 12.5. The molecule has 0 aliphatic carbocycles. The highest BCUT2D eigenvalue weighted by Gasteiger charge is 2.20. The van der Waals surface area contributed by atoms with Gasteiger partial charge in [0.2, 0.25) is 0 Å². The van der Waals surface area contributed by atoms with Crippen molar-refractivity contribution in [3.05, 3.63) is 75.3 Å². The molecule has 0 atom stereocenters. The second-order valence-electron chi connectivity index (χ2n) is 7.47. The van der Waals surface area contributed by atoms with Crippen molar-refractivity contribution in [1.82, 2.24) is 15.0 Å². The molecule has 1 aromatic carbocycles. The Hall–Kier alpha value is -3.00. The maximum absolute atomic E-state index is 12.5. The van der Waals surface area contributed by atoms with E-state index in [9.17, 15) is 4.79 Å². The number of aromatic nitrogens is 3. The fourth-order valence-electron chi connectivity index (χ4n) is 3.23. The minimum Gasteiger partial charge on any atom is -0.465 e. The Balaban J connectivity index is 0.00000167. The molecule has 0 radical (unpaired) electrons. The highest BCUT2D eigenvalue weighted by molar-refractivity contribution is 7.16. The average Bonchev–Trinajstić information content (AvgIpc) is 3.31. The quantitative estimate of drug-likeness (QED) is 0.254. The average molecular weight is 529 g/mol. The first kappa shape index (κ1) is 26.6. The fourth-order valence-corrected chi connectivity index (χ4v) is 4.52. The summed E-state index contributed by atoms with van der Waals surface area (Å²) in [6.07, 6.45) is 3.35. The van der Waals surface area contributed by atoms with Crippen molar-refractivity contribution in [2.75, 3.05) is 12.4 Å². The van der Waals surface area contributed by atoms with Crippen LogP contribution in [-0.2, 0) is 4.74 Å². The highest BCUT2D eigenvalue weighted by Crippen LogP contribution is 2.39. The molecule has 3 aromatic heterocycles. The zero-order chi connectivity index (χ0) is 25.5. The van der Waals surface area contributed by atoms with Crippen LogP contribution in [0, 0.1) is 0 Å². The first-order chi connectivity index (χ1) is 16.9. The van der Waals surface area contributed by atoms with Crippen LogP contribution in [0.4, 0.5) is 10.9 Å². The van der Waals surface area contributed by atoms with E-state index < -0.39 is 5.97 Å². The SMILES string of the molecule is CC.COC(=O)c1cc(-c2ccccn2)cnc1Nc1nc(-c2ccc(Cl)c(Cl)c2)c(C(C)C)s1. The number of hydrogen-bond donors (Lipinski definition) is 1. The van der Waals surface area contributed by atoms with Gasteiger partial charge < -0.3 is 10.1 Å². The number of methoxy groups -OCH3 is 1. The van der Waals surface area contributed by atoms with Gasteiger partial charge in [0.15, 0.2) is 5.13 Å². The van der Waals surface area contributed by atoms with Crippen LogP contribution in [0.2, 0.25) is 10.0 Å². The molecule has 3 heterocycles. The van der Waals surface area contributed by atoms with E-state index in [0.717, 1.165) is 16.1 Å². The molecule has 0 aliphatic heterocycles. The Morgan fingerprint density at radius 3 is 2.43 bits per heavy atom. The van der Waals surface area contributed by atoms with Crippen molar-refractivity contribution >= 4 is 51.5 Å². The number of ether oxygens (including phenoxy) is 1. The molecule has 9 heteroatoms. The number of esters is 1. The summed E-state index contributed by atoms with van der Waals surface area (Å²) < 4.78 is 4.98. The van der Waals surface area contributed by atoms with Crippen molar-refractivity contribution < 1.29 is 9.53 Å². The van der Waals surface area contributed by atoms with Gasteiger partial charge in [0.25, 0.3) is 0 Å². The molecular formula is C26H26Cl2N4O2S. The van der Waals surface area contributed by atoms with E-state index in [1.165, 1.54) is 18.4 Å². The van der Waals surface area contributed by atoms with E-state index in [-0.39, 0.29) is 11.5 Å². The molecule has 6 nitrogen and oxygen atoms in total. The normalized spacial score (nSPS) is 10.5. The van der Waals surface area contributed by atoms with Crippen LogP contribution in [0.1, 0.15) is 48.8 Å². The van der Waals surface area contributed by atoms with E-state index in [4.69, 9.17) is 32.9 Å². The summed E-state index contributed by atoms with van der Waals surface area (Å²) >= 11 is 13.8. The van der Waals surface area contributed by atoms with Gasteiger partial charge in [-0.15, -0.1) is 11.3 Å². The van der Waals surface area contributed by atoms with Gasteiger partial charge in [-0.2, -0.15) is 0 Å². The summed E-state index contributed by atoms with van der Waals surface area (Å²) in [6, 6.07) is 12.7. The minimum atomic E-state index is -0.506. The molecule has 0 bridgehead atoms. The maximum Gasteiger partial charge on any atom is 0.341 e. The Morgan fingerprint density at radius 1 is 1.03 bits per heavy atom. The predicted octanol–water partition coefficient (Wildman–Crippen LogP) is 8.25. The number of nitrogens with zero attached hydrogens (tertiary/aromatic N) is 3. The minimum absolute atomic E-state index is 0.224. The topological polar surface area (TPSA) is 77.0 Å².